The average molecular weight is 535 g/mol. The van der Waals surface area contributed by atoms with Crippen molar-refractivity contribution in [3.8, 4) is 34.5 Å². The zero-order valence-electron chi connectivity index (χ0n) is 25.2. The molecule has 0 spiro atoms. The van der Waals surface area contributed by atoms with Crippen LogP contribution in [0.15, 0.2) is 64.8 Å². The summed E-state index contributed by atoms with van der Waals surface area (Å²) in [4.78, 5) is 0. The summed E-state index contributed by atoms with van der Waals surface area (Å²) in [6, 6.07) is 5.26. The van der Waals surface area contributed by atoms with Gasteiger partial charge in [0.2, 0.25) is 0 Å². The van der Waals surface area contributed by atoms with Crippen LogP contribution in [0.3, 0.4) is 0 Å². The molecule has 212 valence electrons. The van der Waals surface area contributed by atoms with Gasteiger partial charge in [-0.2, -0.15) is 0 Å². The van der Waals surface area contributed by atoms with Crippen LogP contribution < -0.4 is 14.2 Å². The van der Waals surface area contributed by atoms with E-state index < -0.39 is 0 Å². The highest BCUT2D eigenvalue weighted by molar-refractivity contribution is 5.60. The Kier molecular flexibility index (Phi) is 12.2. The minimum absolute atomic E-state index is 0.105. The molecule has 2 aromatic carbocycles. The lowest BCUT2D eigenvalue weighted by Crippen LogP contribution is -2.01. The molecule has 0 heterocycles. The first-order valence-electron chi connectivity index (χ1n) is 13.5. The number of ether oxygens (including phenoxy) is 3. The topological polar surface area (TPSA) is 68.2 Å². The quantitative estimate of drug-likeness (QED) is 0.251. The van der Waals surface area contributed by atoms with E-state index in [1.165, 1.54) is 11.1 Å². The standard InChI is InChI=1S/C34H46O5/c1-22(2)11-10-12-25(7)15-16-26-19-32(29(18-14-24(5)6)34(38-9)33(26)36)39-27-20-30(35)28(17-13-23(3)4)31(21-27)37-8/h11,13-15,19-21,35-36H,10,12,16-18H2,1-9H3. The SMILES string of the molecule is COc1cc(Oc2cc(CC=C(C)CCC=C(C)C)c(O)c(OC)c2CC=C(C)C)cc(O)c1CC=C(C)C. The van der Waals surface area contributed by atoms with Crippen LogP contribution in [0.4, 0.5) is 0 Å². The van der Waals surface area contributed by atoms with Gasteiger partial charge in [0.05, 0.1) is 14.2 Å². The van der Waals surface area contributed by atoms with E-state index >= 15 is 0 Å². The predicted octanol–water partition coefficient (Wildman–Crippen LogP) is 9.16. The average Bonchev–Trinajstić information content (AvgIpc) is 2.86. The molecule has 5 heteroatoms. The maximum Gasteiger partial charge on any atom is 0.168 e. The van der Waals surface area contributed by atoms with Gasteiger partial charge < -0.3 is 24.4 Å². The van der Waals surface area contributed by atoms with Crippen molar-refractivity contribution in [2.24, 2.45) is 0 Å². The molecule has 39 heavy (non-hydrogen) atoms. The van der Waals surface area contributed by atoms with Crippen molar-refractivity contribution in [2.45, 2.75) is 80.6 Å². The Morgan fingerprint density at radius 3 is 1.87 bits per heavy atom. The maximum atomic E-state index is 11.1. The van der Waals surface area contributed by atoms with Crippen LogP contribution in [0.1, 0.15) is 78.0 Å². The van der Waals surface area contributed by atoms with Gasteiger partial charge in [-0.3, -0.25) is 0 Å². The normalized spacial score (nSPS) is 11.1. The summed E-state index contributed by atoms with van der Waals surface area (Å²) in [5, 5.41) is 22.0. The molecule has 2 rings (SSSR count). The molecule has 0 fully saturated rings. The third kappa shape index (κ3) is 9.58. The number of methoxy groups -OCH3 is 2. The molecule has 0 aliphatic rings. The Labute approximate surface area is 235 Å². The summed E-state index contributed by atoms with van der Waals surface area (Å²) in [5.74, 6) is 2.17. The number of phenolic OH excluding ortho intramolecular Hbond substituents is 2. The molecule has 0 bridgehead atoms. The second-order valence-electron chi connectivity index (χ2n) is 10.7. The summed E-state index contributed by atoms with van der Waals surface area (Å²) in [6.45, 7) is 14.4. The van der Waals surface area contributed by atoms with Gasteiger partial charge in [0, 0.05) is 28.8 Å². The van der Waals surface area contributed by atoms with Crippen LogP contribution in [0.25, 0.3) is 0 Å². The van der Waals surface area contributed by atoms with Gasteiger partial charge in [-0.1, -0.05) is 46.6 Å². The maximum absolute atomic E-state index is 11.1. The van der Waals surface area contributed by atoms with E-state index in [4.69, 9.17) is 14.2 Å². The molecule has 0 saturated heterocycles. The number of aromatic hydroxyl groups is 2. The highest BCUT2D eigenvalue weighted by Gasteiger charge is 2.20. The Bertz CT molecular complexity index is 1250. The van der Waals surface area contributed by atoms with E-state index in [2.05, 4.69) is 39.0 Å². The van der Waals surface area contributed by atoms with Gasteiger partial charge in [0.15, 0.2) is 11.5 Å². The van der Waals surface area contributed by atoms with Crippen LogP contribution in [0.2, 0.25) is 0 Å². The number of hydrogen-bond donors (Lipinski definition) is 2. The van der Waals surface area contributed by atoms with Crippen LogP contribution >= 0.6 is 0 Å². The van der Waals surface area contributed by atoms with Crippen molar-refractivity contribution in [3.05, 3.63) is 81.5 Å². The van der Waals surface area contributed by atoms with Crippen LogP contribution in [-0.2, 0) is 19.3 Å². The third-order valence-corrected chi connectivity index (χ3v) is 6.40. The molecule has 0 amide bonds. The number of allylic oxidation sites excluding steroid dienone is 8. The highest BCUT2D eigenvalue weighted by Crippen LogP contribution is 2.44. The highest BCUT2D eigenvalue weighted by atomic mass is 16.5. The molecular weight excluding hydrogens is 488 g/mol. The van der Waals surface area contributed by atoms with E-state index in [0.29, 0.717) is 53.4 Å². The van der Waals surface area contributed by atoms with Gasteiger partial charge in [-0.25, -0.2) is 0 Å². The van der Waals surface area contributed by atoms with Crippen LogP contribution in [-0.4, -0.2) is 24.4 Å². The zero-order chi connectivity index (χ0) is 29.1. The molecule has 0 aliphatic heterocycles. The molecule has 2 aromatic rings. The van der Waals surface area contributed by atoms with Crippen LogP contribution in [0, 0.1) is 0 Å². The molecule has 2 N–H and O–H groups in total. The van der Waals surface area contributed by atoms with Gasteiger partial charge in [0.1, 0.15) is 23.0 Å². The third-order valence-electron chi connectivity index (χ3n) is 6.40. The van der Waals surface area contributed by atoms with Crippen LogP contribution in [0.5, 0.6) is 34.5 Å². The summed E-state index contributed by atoms with van der Waals surface area (Å²) in [7, 11) is 3.14. The molecular formula is C34H46O5. The minimum atomic E-state index is 0.105. The number of phenols is 2. The first-order chi connectivity index (χ1) is 18.5. The van der Waals surface area contributed by atoms with E-state index in [1.807, 2.05) is 39.8 Å². The van der Waals surface area contributed by atoms with Crippen molar-refractivity contribution in [1.29, 1.82) is 0 Å². The Morgan fingerprint density at radius 1 is 0.692 bits per heavy atom. The van der Waals surface area contributed by atoms with Crippen molar-refractivity contribution in [3.63, 3.8) is 0 Å². The second kappa shape index (κ2) is 15.1. The fraction of sp³-hybridized carbons (Fsp3) is 0.412. The zero-order valence-corrected chi connectivity index (χ0v) is 25.2. The first kappa shape index (κ1) is 31.6. The number of rotatable bonds is 13. The summed E-state index contributed by atoms with van der Waals surface area (Å²) < 4.78 is 17.7. The largest absolute Gasteiger partial charge is 0.507 e. The lowest BCUT2D eigenvalue weighted by atomic mass is 9.99. The van der Waals surface area contributed by atoms with Gasteiger partial charge >= 0.3 is 0 Å². The lowest BCUT2D eigenvalue weighted by molar-refractivity contribution is 0.361. The molecule has 0 aliphatic carbocycles. The summed E-state index contributed by atoms with van der Waals surface area (Å²) in [6.07, 6.45) is 12.1. The van der Waals surface area contributed by atoms with Crippen molar-refractivity contribution in [1.82, 2.24) is 0 Å². The fourth-order valence-electron chi connectivity index (χ4n) is 4.14. The fourth-order valence-corrected chi connectivity index (χ4v) is 4.14. The Hall–Kier alpha value is -3.60. The van der Waals surface area contributed by atoms with Crippen molar-refractivity contribution >= 4 is 0 Å². The Morgan fingerprint density at radius 2 is 1.31 bits per heavy atom. The predicted molar refractivity (Wildman–Crippen MR) is 162 cm³/mol. The van der Waals surface area contributed by atoms with Crippen molar-refractivity contribution in [2.75, 3.05) is 14.2 Å². The number of benzene rings is 2. The lowest BCUT2D eigenvalue weighted by Gasteiger charge is -2.19. The van der Waals surface area contributed by atoms with Gasteiger partial charge in [-0.15, -0.1) is 0 Å². The first-order valence-corrected chi connectivity index (χ1v) is 13.5. The Balaban J connectivity index is 2.55. The smallest absolute Gasteiger partial charge is 0.168 e. The van der Waals surface area contributed by atoms with E-state index in [1.54, 1.807) is 26.4 Å². The monoisotopic (exact) mass is 534 g/mol. The minimum Gasteiger partial charge on any atom is -0.507 e. The summed E-state index contributed by atoms with van der Waals surface area (Å²) in [5.41, 5.74) is 7.01. The molecule has 0 unspecified atom stereocenters. The van der Waals surface area contributed by atoms with Crippen molar-refractivity contribution < 1.29 is 24.4 Å². The van der Waals surface area contributed by atoms with Gasteiger partial charge in [0.25, 0.3) is 0 Å². The van der Waals surface area contributed by atoms with E-state index in [0.717, 1.165) is 29.6 Å². The van der Waals surface area contributed by atoms with E-state index in [-0.39, 0.29) is 11.5 Å². The molecule has 0 aromatic heterocycles. The molecule has 0 atom stereocenters. The second-order valence-corrected chi connectivity index (χ2v) is 10.7. The molecule has 5 nitrogen and oxygen atoms in total. The van der Waals surface area contributed by atoms with Gasteiger partial charge in [-0.05, 0) is 86.6 Å². The molecule has 0 saturated carbocycles. The molecule has 0 radical (unpaired) electrons. The summed E-state index contributed by atoms with van der Waals surface area (Å²) >= 11 is 0. The van der Waals surface area contributed by atoms with E-state index in [9.17, 15) is 10.2 Å². The number of hydrogen-bond acceptors (Lipinski definition) is 5.